The summed E-state index contributed by atoms with van der Waals surface area (Å²) in [7, 11) is 0. The molecule has 0 bridgehead atoms. The number of nitrogens with zero attached hydrogens (tertiary/aromatic N) is 2. The first-order valence-corrected chi connectivity index (χ1v) is 8.03. The Bertz CT molecular complexity index is 698. The van der Waals surface area contributed by atoms with E-state index in [4.69, 9.17) is 16.3 Å². The van der Waals surface area contributed by atoms with Crippen molar-refractivity contribution in [1.82, 2.24) is 10.3 Å². The van der Waals surface area contributed by atoms with Gasteiger partial charge in [0.2, 0.25) is 0 Å². The molecule has 5 nitrogen and oxygen atoms in total. The molecular formula is C17H17ClFN3O2. The van der Waals surface area contributed by atoms with Crippen molar-refractivity contribution in [2.24, 2.45) is 0 Å². The van der Waals surface area contributed by atoms with E-state index in [1.165, 1.54) is 18.2 Å². The van der Waals surface area contributed by atoms with E-state index in [2.05, 4.69) is 15.2 Å². The van der Waals surface area contributed by atoms with Crippen LogP contribution in [-0.2, 0) is 11.3 Å². The van der Waals surface area contributed by atoms with Crippen LogP contribution in [0.25, 0.3) is 0 Å². The number of ether oxygens (including phenoxy) is 1. The molecule has 1 N–H and O–H groups in total. The molecule has 1 amide bonds. The van der Waals surface area contributed by atoms with Gasteiger partial charge in [-0.2, -0.15) is 0 Å². The van der Waals surface area contributed by atoms with Gasteiger partial charge < -0.3 is 15.0 Å². The Labute approximate surface area is 144 Å². The number of anilines is 1. The van der Waals surface area contributed by atoms with Gasteiger partial charge in [0.05, 0.1) is 23.8 Å². The van der Waals surface area contributed by atoms with Gasteiger partial charge in [0.25, 0.3) is 5.91 Å². The van der Waals surface area contributed by atoms with Crippen LogP contribution < -0.4 is 10.2 Å². The SMILES string of the molecule is O=C(NCc1ccc(N2CCOCC2)nc1)c1c(F)cccc1Cl. The Morgan fingerprint density at radius 3 is 2.75 bits per heavy atom. The van der Waals surface area contributed by atoms with Crippen molar-refractivity contribution in [2.75, 3.05) is 31.2 Å². The van der Waals surface area contributed by atoms with E-state index in [1.807, 2.05) is 12.1 Å². The fraction of sp³-hybridized carbons (Fsp3) is 0.294. The van der Waals surface area contributed by atoms with Crippen LogP contribution in [0.3, 0.4) is 0 Å². The first kappa shape index (κ1) is 16.7. The number of aromatic nitrogens is 1. The van der Waals surface area contributed by atoms with Crippen molar-refractivity contribution in [1.29, 1.82) is 0 Å². The van der Waals surface area contributed by atoms with Crippen LogP contribution in [0.1, 0.15) is 15.9 Å². The third kappa shape index (κ3) is 3.83. The van der Waals surface area contributed by atoms with Crippen LogP contribution in [0.5, 0.6) is 0 Å². The molecule has 1 fully saturated rings. The molecule has 126 valence electrons. The number of carbonyl (C=O) groups excluding carboxylic acids is 1. The molecule has 0 spiro atoms. The molecule has 0 aliphatic carbocycles. The summed E-state index contributed by atoms with van der Waals surface area (Å²) in [6.07, 6.45) is 1.70. The Morgan fingerprint density at radius 1 is 1.29 bits per heavy atom. The number of hydrogen-bond donors (Lipinski definition) is 1. The molecular weight excluding hydrogens is 333 g/mol. The predicted molar refractivity (Wildman–Crippen MR) is 89.8 cm³/mol. The summed E-state index contributed by atoms with van der Waals surface area (Å²) in [4.78, 5) is 18.6. The Hall–Kier alpha value is -2.18. The van der Waals surface area contributed by atoms with Crippen LogP contribution in [0.2, 0.25) is 5.02 Å². The molecule has 0 unspecified atom stereocenters. The normalized spacial score (nSPS) is 14.5. The number of carbonyl (C=O) groups is 1. The van der Waals surface area contributed by atoms with Gasteiger partial charge in [-0.25, -0.2) is 9.37 Å². The summed E-state index contributed by atoms with van der Waals surface area (Å²) in [6, 6.07) is 7.95. The van der Waals surface area contributed by atoms with Crippen LogP contribution in [0.4, 0.5) is 10.2 Å². The third-order valence-corrected chi connectivity index (χ3v) is 4.10. The van der Waals surface area contributed by atoms with Gasteiger partial charge in [-0.1, -0.05) is 23.7 Å². The summed E-state index contributed by atoms with van der Waals surface area (Å²) >= 11 is 5.88. The second-order valence-electron chi connectivity index (χ2n) is 5.40. The number of nitrogens with one attached hydrogen (secondary N) is 1. The monoisotopic (exact) mass is 349 g/mol. The van der Waals surface area contributed by atoms with Gasteiger partial charge in [0, 0.05) is 25.8 Å². The summed E-state index contributed by atoms with van der Waals surface area (Å²) in [5, 5.41) is 2.75. The second-order valence-corrected chi connectivity index (χ2v) is 5.81. The topological polar surface area (TPSA) is 54.5 Å². The number of amides is 1. The first-order valence-electron chi connectivity index (χ1n) is 7.65. The van der Waals surface area contributed by atoms with E-state index in [0.717, 1.165) is 24.5 Å². The maximum atomic E-state index is 13.7. The lowest BCUT2D eigenvalue weighted by Crippen LogP contribution is -2.36. The Balaban J connectivity index is 1.61. The Morgan fingerprint density at radius 2 is 2.08 bits per heavy atom. The fourth-order valence-corrected chi connectivity index (χ4v) is 2.74. The number of rotatable bonds is 4. The summed E-state index contributed by atoms with van der Waals surface area (Å²) in [5.74, 6) is -0.304. The standard InChI is InChI=1S/C17H17ClFN3O2/c18-13-2-1-3-14(19)16(13)17(23)21-11-12-4-5-15(20-10-12)22-6-8-24-9-7-22/h1-5,10H,6-9,11H2,(H,21,23). The zero-order chi connectivity index (χ0) is 16.9. The highest BCUT2D eigenvalue weighted by Gasteiger charge is 2.16. The van der Waals surface area contributed by atoms with E-state index >= 15 is 0 Å². The average Bonchev–Trinajstić information content (AvgIpc) is 2.61. The smallest absolute Gasteiger partial charge is 0.256 e. The van der Waals surface area contributed by atoms with Gasteiger partial charge in [-0.05, 0) is 23.8 Å². The molecule has 0 saturated carbocycles. The summed E-state index contributed by atoms with van der Waals surface area (Å²) in [6.45, 7) is 3.27. The molecule has 0 atom stereocenters. The quantitative estimate of drug-likeness (QED) is 0.922. The molecule has 3 rings (SSSR count). The van der Waals surface area contributed by atoms with Crippen LogP contribution in [0.15, 0.2) is 36.5 Å². The zero-order valence-electron chi connectivity index (χ0n) is 13.0. The highest BCUT2D eigenvalue weighted by molar-refractivity contribution is 6.33. The number of hydrogen-bond acceptors (Lipinski definition) is 4. The first-order chi connectivity index (χ1) is 11.6. The summed E-state index contributed by atoms with van der Waals surface area (Å²) < 4.78 is 19.0. The highest BCUT2D eigenvalue weighted by Crippen LogP contribution is 2.19. The van der Waals surface area contributed by atoms with Gasteiger partial charge >= 0.3 is 0 Å². The summed E-state index contributed by atoms with van der Waals surface area (Å²) in [5.41, 5.74) is 0.685. The molecule has 1 aromatic carbocycles. The van der Waals surface area contributed by atoms with E-state index in [0.29, 0.717) is 13.2 Å². The predicted octanol–water partition coefficient (Wildman–Crippen LogP) is 2.64. The van der Waals surface area contributed by atoms with Crippen LogP contribution in [-0.4, -0.2) is 37.2 Å². The average molecular weight is 350 g/mol. The van der Waals surface area contributed by atoms with Crippen molar-refractivity contribution >= 4 is 23.3 Å². The molecule has 0 radical (unpaired) electrons. The number of pyridine rings is 1. The van der Waals surface area contributed by atoms with Crippen molar-refractivity contribution in [3.05, 3.63) is 58.5 Å². The van der Waals surface area contributed by atoms with Gasteiger partial charge in [0.15, 0.2) is 0 Å². The number of benzene rings is 1. The maximum Gasteiger partial charge on any atom is 0.256 e. The van der Waals surface area contributed by atoms with E-state index in [-0.39, 0.29) is 17.1 Å². The molecule has 1 aliphatic rings. The third-order valence-electron chi connectivity index (χ3n) is 3.79. The molecule has 7 heteroatoms. The van der Waals surface area contributed by atoms with Crippen molar-refractivity contribution in [2.45, 2.75) is 6.54 Å². The number of halogens is 2. The maximum absolute atomic E-state index is 13.7. The van der Waals surface area contributed by atoms with Crippen molar-refractivity contribution in [3.63, 3.8) is 0 Å². The van der Waals surface area contributed by atoms with E-state index in [9.17, 15) is 9.18 Å². The lowest BCUT2D eigenvalue weighted by Gasteiger charge is -2.27. The molecule has 24 heavy (non-hydrogen) atoms. The molecule has 2 aromatic rings. The van der Waals surface area contributed by atoms with Gasteiger partial charge in [-0.3, -0.25) is 4.79 Å². The minimum atomic E-state index is -0.638. The van der Waals surface area contributed by atoms with Gasteiger partial charge in [-0.15, -0.1) is 0 Å². The van der Waals surface area contributed by atoms with Crippen molar-refractivity contribution in [3.8, 4) is 0 Å². The van der Waals surface area contributed by atoms with E-state index < -0.39 is 11.7 Å². The lowest BCUT2D eigenvalue weighted by molar-refractivity contribution is 0.0947. The fourth-order valence-electron chi connectivity index (χ4n) is 2.49. The molecule has 1 aliphatic heterocycles. The minimum Gasteiger partial charge on any atom is -0.378 e. The molecule has 2 heterocycles. The van der Waals surface area contributed by atoms with Crippen LogP contribution in [0, 0.1) is 5.82 Å². The largest absolute Gasteiger partial charge is 0.378 e. The number of morpholine rings is 1. The van der Waals surface area contributed by atoms with Crippen LogP contribution >= 0.6 is 11.6 Å². The second kappa shape index (κ2) is 7.59. The highest BCUT2D eigenvalue weighted by atomic mass is 35.5. The Kier molecular flexibility index (Phi) is 5.27. The molecule has 1 aromatic heterocycles. The molecule has 1 saturated heterocycles. The lowest BCUT2D eigenvalue weighted by atomic mass is 10.2. The van der Waals surface area contributed by atoms with E-state index in [1.54, 1.807) is 6.20 Å². The van der Waals surface area contributed by atoms with Crippen molar-refractivity contribution < 1.29 is 13.9 Å². The minimum absolute atomic E-state index is 0.0910. The zero-order valence-corrected chi connectivity index (χ0v) is 13.7. The van der Waals surface area contributed by atoms with Gasteiger partial charge in [0.1, 0.15) is 11.6 Å².